The van der Waals surface area contributed by atoms with Crippen molar-refractivity contribution in [1.29, 1.82) is 0 Å². The average molecular weight is 177 g/mol. The van der Waals surface area contributed by atoms with Crippen LogP contribution in [0.2, 0.25) is 0 Å². The fraction of sp³-hybridized carbons (Fsp3) is 0.750. The molecule has 0 fully saturated rings. The SMILES string of the molecule is NC(=O)C(F)(CF)C(F)(F)F. The maximum absolute atomic E-state index is 12.2. The van der Waals surface area contributed by atoms with E-state index in [0.717, 1.165) is 0 Å². The number of halogens is 5. The first kappa shape index (κ1) is 10.1. The Morgan fingerprint density at radius 3 is 1.64 bits per heavy atom. The third-order valence-electron chi connectivity index (χ3n) is 1.02. The first-order chi connectivity index (χ1) is 4.75. The Balaban J connectivity index is 4.75. The van der Waals surface area contributed by atoms with Gasteiger partial charge in [0.1, 0.15) is 6.67 Å². The van der Waals surface area contributed by atoms with Gasteiger partial charge in [0.25, 0.3) is 5.91 Å². The standard InChI is InChI=1S/C4H4F5NO/c5-1-3(6,2(10)11)4(7,8)9/h1H2,(H2,10,11). The Labute approximate surface area is 58.2 Å². The van der Waals surface area contributed by atoms with Gasteiger partial charge in [0.15, 0.2) is 0 Å². The molecule has 2 nitrogen and oxygen atoms in total. The predicted molar refractivity (Wildman–Crippen MR) is 25.1 cm³/mol. The summed E-state index contributed by atoms with van der Waals surface area (Å²) in [6.07, 6.45) is -5.59. The average Bonchev–Trinajstić information content (AvgIpc) is 1.83. The first-order valence-electron chi connectivity index (χ1n) is 2.37. The molecule has 1 atom stereocenters. The summed E-state index contributed by atoms with van der Waals surface area (Å²) in [6.45, 7) is -2.49. The van der Waals surface area contributed by atoms with Gasteiger partial charge in [0, 0.05) is 0 Å². The largest absolute Gasteiger partial charge is 0.434 e. The van der Waals surface area contributed by atoms with E-state index >= 15 is 0 Å². The molecule has 11 heavy (non-hydrogen) atoms. The lowest BCUT2D eigenvalue weighted by Crippen LogP contribution is -2.53. The minimum absolute atomic E-state index is 2.37. The van der Waals surface area contributed by atoms with Crippen molar-refractivity contribution < 1.29 is 26.7 Å². The summed E-state index contributed by atoms with van der Waals surface area (Å²) in [7, 11) is 0. The van der Waals surface area contributed by atoms with Crippen LogP contribution in [0.3, 0.4) is 0 Å². The van der Waals surface area contributed by atoms with E-state index < -0.39 is 24.4 Å². The summed E-state index contributed by atoms with van der Waals surface area (Å²) in [5, 5.41) is 0. The molecule has 0 aromatic rings. The van der Waals surface area contributed by atoms with Gasteiger partial charge in [-0.15, -0.1) is 0 Å². The highest BCUT2D eigenvalue weighted by atomic mass is 19.4. The van der Waals surface area contributed by atoms with E-state index in [1.807, 2.05) is 0 Å². The van der Waals surface area contributed by atoms with Crippen LogP contribution >= 0.6 is 0 Å². The fourth-order valence-corrected chi connectivity index (χ4v) is 0.281. The number of hydrogen-bond donors (Lipinski definition) is 1. The van der Waals surface area contributed by atoms with E-state index in [0.29, 0.717) is 0 Å². The number of primary amides is 1. The molecular weight excluding hydrogens is 173 g/mol. The van der Waals surface area contributed by atoms with Crippen molar-refractivity contribution in [2.24, 2.45) is 5.73 Å². The summed E-state index contributed by atoms with van der Waals surface area (Å²) < 4.78 is 57.9. The van der Waals surface area contributed by atoms with E-state index in [1.165, 1.54) is 0 Å². The summed E-state index contributed by atoms with van der Waals surface area (Å²) in [5.74, 6) is -2.37. The number of nitrogens with two attached hydrogens (primary N) is 1. The van der Waals surface area contributed by atoms with Gasteiger partial charge in [-0.05, 0) is 0 Å². The normalized spacial score (nSPS) is 17.5. The van der Waals surface area contributed by atoms with Gasteiger partial charge < -0.3 is 5.73 Å². The third-order valence-corrected chi connectivity index (χ3v) is 1.02. The highest BCUT2D eigenvalue weighted by molar-refractivity contribution is 5.84. The van der Waals surface area contributed by atoms with Gasteiger partial charge in [-0.3, -0.25) is 4.79 Å². The maximum atomic E-state index is 12.2. The van der Waals surface area contributed by atoms with E-state index in [4.69, 9.17) is 0 Å². The summed E-state index contributed by atoms with van der Waals surface area (Å²) in [4.78, 5) is 9.79. The van der Waals surface area contributed by atoms with Crippen LogP contribution < -0.4 is 5.73 Å². The molecule has 0 aromatic carbocycles. The number of carbonyl (C=O) groups excluding carboxylic acids is 1. The predicted octanol–water partition coefficient (Wildman–Crippen LogP) is 0.712. The van der Waals surface area contributed by atoms with Gasteiger partial charge in [-0.1, -0.05) is 0 Å². The lowest BCUT2D eigenvalue weighted by Gasteiger charge is -2.20. The van der Waals surface area contributed by atoms with Gasteiger partial charge in [0.2, 0.25) is 0 Å². The molecule has 66 valence electrons. The molecule has 0 aromatic heterocycles. The zero-order valence-electron chi connectivity index (χ0n) is 5.08. The summed E-state index contributed by atoms with van der Waals surface area (Å²) >= 11 is 0. The third kappa shape index (κ3) is 1.58. The van der Waals surface area contributed by atoms with Crippen LogP contribution in [0, 0.1) is 0 Å². The monoisotopic (exact) mass is 177 g/mol. The quantitative estimate of drug-likeness (QED) is 0.620. The molecule has 0 saturated carbocycles. The van der Waals surface area contributed by atoms with E-state index in [-0.39, 0.29) is 0 Å². The number of alkyl halides is 5. The Morgan fingerprint density at radius 1 is 1.27 bits per heavy atom. The van der Waals surface area contributed by atoms with E-state index in [9.17, 15) is 26.7 Å². The topological polar surface area (TPSA) is 43.1 Å². The number of hydrogen-bond acceptors (Lipinski definition) is 1. The van der Waals surface area contributed by atoms with E-state index in [1.54, 1.807) is 0 Å². The lowest BCUT2D eigenvalue weighted by molar-refractivity contribution is -0.228. The molecular formula is C4H4F5NO. The molecule has 0 radical (unpaired) electrons. The van der Waals surface area contributed by atoms with E-state index in [2.05, 4.69) is 5.73 Å². The van der Waals surface area contributed by atoms with Crippen molar-refractivity contribution in [2.75, 3.05) is 6.67 Å². The van der Waals surface area contributed by atoms with Gasteiger partial charge in [-0.25, -0.2) is 8.78 Å². The van der Waals surface area contributed by atoms with Crippen LogP contribution in [-0.2, 0) is 4.79 Å². The Morgan fingerprint density at radius 2 is 1.64 bits per heavy atom. The van der Waals surface area contributed by atoms with Gasteiger partial charge >= 0.3 is 11.8 Å². The van der Waals surface area contributed by atoms with Crippen LogP contribution in [0.25, 0.3) is 0 Å². The van der Waals surface area contributed by atoms with Crippen LogP contribution in [-0.4, -0.2) is 24.4 Å². The zero-order valence-corrected chi connectivity index (χ0v) is 5.08. The molecule has 0 bridgehead atoms. The molecule has 0 aliphatic carbocycles. The molecule has 7 heteroatoms. The van der Waals surface area contributed by atoms with Crippen molar-refractivity contribution in [3.05, 3.63) is 0 Å². The van der Waals surface area contributed by atoms with Crippen molar-refractivity contribution in [3.8, 4) is 0 Å². The second-order valence-electron chi connectivity index (χ2n) is 1.80. The molecule has 0 aliphatic rings. The minimum atomic E-state index is -5.59. The van der Waals surface area contributed by atoms with Crippen LogP contribution in [0.5, 0.6) is 0 Å². The van der Waals surface area contributed by atoms with Crippen molar-refractivity contribution in [1.82, 2.24) is 0 Å². The molecule has 0 saturated heterocycles. The van der Waals surface area contributed by atoms with Crippen molar-refractivity contribution >= 4 is 5.91 Å². The first-order valence-corrected chi connectivity index (χ1v) is 2.37. The van der Waals surface area contributed by atoms with Crippen molar-refractivity contribution in [2.45, 2.75) is 11.8 Å². The number of rotatable bonds is 2. The van der Waals surface area contributed by atoms with Crippen LogP contribution in [0.4, 0.5) is 22.0 Å². The molecule has 1 amide bonds. The second kappa shape index (κ2) is 2.63. The Hall–Kier alpha value is -0.880. The molecule has 2 N–H and O–H groups in total. The Kier molecular flexibility index (Phi) is 2.42. The second-order valence-corrected chi connectivity index (χ2v) is 1.80. The number of amides is 1. The van der Waals surface area contributed by atoms with Gasteiger partial charge in [0.05, 0.1) is 0 Å². The van der Waals surface area contributed by atoms with Crippen LogP contribution in [0.1, 0.15) is 0 Å². The summed E-state index contributed by atoms with van der Waals surface area (Å²) in [6, 6.07) is 0. The summed E-state index contributed by atoms with van der Waals surface area (Å²) in [5.41, 5.74) is -0.555. The van der Waals surface area contributed by atoms with Crippen LogP contribution in [0.15, 0.2) is 0 Å². The molecule has 1 unspecified atom stereocenters. The fourth-order valence-electron chi connectivity index (χ4n) is 0.281. The zero-order chi connectivity index (χ0) is 9.28. The number of carbonyl (C=O) groups is 1. The highest BCUT2D eigenvalue weighted by Crippen LogP contribution is 2.33. The lowest BCUT2D eigenvalue weighted by atomic mass is 10.1. The highest BCUT2D eigenvalue weighted by Gasteiger charge is 2.61. The minimum Gasteiger partial charge on any atom is -0.366 e. The Bertz CT molecular complexity index is 166. The van der Waals surface area contributed by atoms with Gasteiger partial charge in [-0.2, -0.15) is 13.2 Å². The van der Waals surface area contributed by atoms with Crippen molar-refractivity contribution in [3.63, 3.8) is 0 Å². The smallest absolute Gasteiger partial charge is 0.366 e. The molecule has 0 rings (SSSR count). The maximum Gasteiger partial charge on any atom is 0.434 e. The molecule has 0 aliphatic heterocycles. The molecule has 0 spiro atoms. The molecule has 0 heterocycles.